The van der Waals surface area contributed by atoms with Gasteiger partial charge >= 0.3 is 0 Å². The molecule has 282 valence electrons. The SMILES string of the molecule is C1=Cc2c(n(-c3cccc(N(c4cccc5ccccc45)c4cccc5ccccc45)c3)c3ccc(-c4c5ccccc5c(-c5ccccc5)c5ccccc45)cc23)CC1. The molecule has 12 rings (SSSR count). The van der Waals surface area contributed by atoms with Gasteiger partial charge in [0.1, 0.15) is 0 Å². The first-order valence-corrected chi connectivity index (χ1v) is 21.0. The van der Waals surface area contributed by atoms with Gasteiger partial charge in [-0.2, -0.15) is 0 Å². The maximum Gasteiger partial charge on any atom is 0.0540 e. The van der Waals surface area contributed by atoms with Gasteiger partial charge in [0.15, 0.2) is 0 Å². The molecular weight excluding hydrogens is 725 g/mol. The summed E-state index contributed by atoms with van der Waals surface area (Å²) >= 11 is 0. The predicted molar refractivity (Wildman–Crippen MR) is 256 cm³/mol. The molecule has 10 aromatic carbocycles. The number of allylic oxidation sites excluding steroid dienone is 1. The zero-order valence-electron chi connectivity index (χ0n) is 33.1. The number of rotatable bonds is 6. The highest BCUT2D eigenvalue weighted by Gasteiger charge is 2.23. The first-order chi connectivity index (χ1) is 29.8. The normalized spacial score (nSPS) is 12.5. The third kappa shape index (κ3) is 5.42. The second kappa shape index (κ2) is 14.0. The van der Waals surface area contributed by atoms with Gasteiger partial charge in [-0.05, 0) is 110 Å². The van der Waals surface area contributed by atoms with Crippen LogP contribution in [0.2, 0.25) is 0 Å². The van der Waals surface area contributed by atoms with Crippen LogP contribution in [0.15, 0.2) is 212 Å². The molecule has 1 aromatic heterocycles. The molecule has 0 unspecified atom stereocenters. The second-order valence-electron chi connectivity index (χ2n) is 15.9. The lowest BCUT2D eigenvalue weighted by Crippen LogP contribution is -2.12. The molecule has 1 aliphatic carbocycles. The number of anilines is 3. The molecule has 0 spiro atoms. The molecular formula is C58H40N2. The molecule has 0 N–H and O–H groups in total. The molecule has 0 saturated carbocycles. The highest BCUT2D eigenvalue weighted by Crippen LogP contribution is 2.46. The van der Waals surface area contributed by atoms with Crippen molar-refractivity contribution in [2.75, 3.05) is 4.90 Å². The van der Waals surface area contributed by atoms with E-state index in [0.717, 1.165) is 35.6 Å². The maximum absolute atomic E-state index is 2.53. The van der Waals surface area contributed by atoms with Gasteiger partial charge in [0.2, 0.25) is 0 Å². The minimum Gasteiger partial charge on any atom is -0.313 e. The van der Waals surface area contributed by atoms with Crippen LogP contribution in [0.5, 0.6) is 0 Å². The molecule has 0 fully saturated rings. The smallest absolute Gasteiger partial charge is 0.0540 e. The Bertz CT molecular complexity index is 3350. The molecule has 0 aliphatic heterocycles. The molecule has 2 nitrogen and oxygen atoms in total. The van der Waals surface area contributed by atoms with Gasteiger partial charge in [-0.1, -0.05) is 176 Å². The van der Waals surface area contributed by atoms with Crippen LogP contribution in [0, 0.1) is 0 Å². The Balaban J connectivity index is 1.07. The monoisotopic (exact) mass is 764 g/mol. The highest BCUT2D eigenvalue weighted by atomic mass is 15.1. The minimum atomic E-state index is 0.980. The van der Waals surface area contributed by atoms with Gasteiger partial charge in [-0.15, -0.1) is 0 Å². The summed E-state index contributed by atoms with van der Waals surface area (Å²) in [7, 11) is 0. The average Bonchev–Trinajstić information content (AvgIpc) is 3.65. The fraction of sp³-hybridized carbons (Fsp3) is 0.0345. The largest absolute Gasteiger partial charge is 0.313 e. The van der Waals surface area contributed by atoms with Crippen LogP contribution < -0.4 is 4.90 Å². The predicted octanol–water partition coefficient (Wildman–Crippen LogP) is 16.0. The van der Waals surface area contributed by atoms with Crippen LogP contribution in [0.1, 0.15) is 17.7 Å². The molecule has 0 bridgehead atoms. The van der Waals surface area contributed by atoms with E-state index in [9.17, 15) is 0 Å². The van der Waals surface area contributed by atoms with Gasteiger partial charge in [-0.3, -0.25) is 0 Å². The van der Waals surface area contributed by atoms with Crippen LogP contribution in [0.25, 0.3) is 88.0 Å². The molecule has 0 amide bonds. The summed E-state index contributed by atoms with van der Waals surface area (Å²) < 4.78 is 2.53. The van der Waals surface area contributed by atoms with E-state index < -0.39 is 0 Å². The zero-order valence-corrected chi connectivity index (χ0v) is 33.1. The van der Waals surface area contributed by atoms with Crippen LogP contribution in [-0.2, 0) is 6.42 Å². The average molecular weight is 765 g/mol. The van der Waals surface area contributed by atoms with Crippen molar-refractivity contribution < 1.29 is 0 Å². The lowest BCUT2D eigenvalue weighted by Gasteiger charge is -2.28. The summed E-state index contributed by atoms with van der Waals surface area (Å²) in [6, 6.07) is 75.8. The van der Waals surface area contributed by atoms with Crippen LogP contribution in [0.4, 0.5) is 17.1 Å². The van der Waals surface area contributed by atoms with Crippen molar-refractivity contribution in [3.63, 3.8) is 0 Å². The highest BCUT2D eigenvalue weighted by molar-refractivity contribution is 6.22. The van der Waals surface area contributed by atoms with E-state index in [1.54, 1.807) is 0 Å². The van der Waals surface area contributed by atoms with Gasteiger partial charge in [-0.25, -0.2) is 0 Å². The summed E-state index contributed by atoms with van der Waals surface area (Å²) in [5.74, 6) is 0. The van der Waals surface area contributed by atoms with Gasteiger partial charge in [0, 0.05) is 38.8 Å². The summed E-state index contributed by atoms with van der Waals surface area (Å²) in [6.07, 6.45) is 6.70. The number of benzene rings is 10. The number of aromatic nitrogens is 1. The zero-order chi connectivity index (χ0) is 39.6. The van der Waals surface area contributed by atoms with Crippen molar-refractivity contribution >= 4 is 77.1 Å². The number of nitrogens with zero attached hydrogens (tertiary/aromatic N) is 2. The standard InChI is InChI=1S/C58H40N2/c1-2-19-41(20-3-1)57-48-28-8-10-30-50(48)58(51-31-11-9-29-49(51)57)42-35-36-56-52(37-42)47-27-12-13-32-55(47)60(56)44-24-16-23-43(38-44)59(53-33-14-21-39-17-4-6-25-45(39)53)54-34-15-22-40-18-5-7-26-46(40)54/h1-12,14-31,33-38H,13,32H2. The Morgan fingerprint density at radius 2 is 0.933 bits per heavy atom. The molecule has 0 atom stereocenters. The van der Waals surface area contributed by atoms with E-state index >= 15 is 0 Å². The number of hydrogen-bond donors (Lipinski definition) is 0. The van der Waals surface area contributed by atoms with Crippen molar-refractivity contribution in [2.45, 2.75) is 12.8 Å². The fourth-order valence-electron chi connectivity index (χ4n) is 10.0. The van der Waals surface area contributed by atoms with E-state index in [1.807, 2.05) is 0 Å². The van der Waals surface area contributed by atoms with Gasteiger partial charge in [0.05, 0.1) is 16.9 Å². The Morgan fingerprint density at radius 3 is 1.57 bits per heavy atom. The Labute approximate surface area is 349 Å². The van der Waals surface area contributed by atoms with Crippen molar-refractivity contribution in [1.82, 2.24) is 4.57 Å². The molecule has 0 radical (unpaired) electrons. The molecule has 11 aromatic rings. The number of hydrogen-bond acceptors (Lipinski definition) is 1. The molecule has 1 aliphatic rings. The molecule has 1 heterocycles. The molecule has 0 saturated heterocycles. The van der Waals surface area contributed by atoms with E-state index in [1.165, 1.54) is 87.5 Å². The second-order valence-corrected chi connectivity index (χ2v) is 15.9. The quantitative estimate of drug-likeness (QED) is 0.153. The van der Waals surface area contributed by atoms with Crippen molar-refractivity contribution in [1.29, 1.82) is 0 Å². The summed E-state index contributed by atoms with van der Waals surface area (Å²) in [5.41, 5.74) is 13.6. The minimum absolute atomic E-state index is 0.980. The molecule has 60 heavy (non-hydrogen) atoms. The first-order valence-electron chi connectivity index (χ1n) is 21.0. The van der Waals surface area contributed by atoms with Gasteiger partial charge in [0.25, 0.3) is 0 Å². The summed E-state index contributed by atoms with van der Waals surface area (Å²) in [4.78, 5) is 2.46. The van der Waals surface area contributed by atoms with E-state index in [-0.39, 0.29) is 0 Å². The Morgan fingerprint density at radius 1 is 0.400 bits per heavy atom. The molecule has 2 heteroatoms. The topological polar surface area (TPSA) is 8.17 Å². The lowest BCUT2D eigenvalue weighted by molar-refractivity contribution is 0.888. The lowest BCUT2D eigenvalue weighted by atomic mass is 9.85. The van der Waals surface area contributed by atoms with Crippen LogP contribution >= 0.6 is 0 Å². The van der Waals surface area contributed by atoms with Crippen molar-refractivity contribution in [3.8, 4) is 27.9 Å². The Kier molecular flexibility index (Phi) is 8.02. The van der Waals surface area contributed by atoms with Crippen LogP contribution in [0.3, 0.4) is 0 Å². The van der Waals surface area contributed by atoms with E-state index in [0.29, 0.717) is 0 Å². The van der Waals surface area contributed by atoms with Crippen LogP contribution in [-0.4, -0.2) is 4.57 Å². The Hall–Kier alpha value is -7.68. The third-order valence-electron chi connectivity index (χ3n) is 12.6. The maximum atomic E-state index is 2.53. The third-order valence-corrected chi connectivity index (χ3v) is 12.6. The number of fused-ring (bicyclic) bond motifs is 7. The fourth-order valence-corrected chi connectivity index (χ4v) is 10.0. The van der Waals surface area contributed by atoms with Crippen molar-refractivity contribution in [3.05, 3.63) is 224 Å². The van der Waals surface area contributed by atoms with E-state index in [2.05, 4.69) is 228 Å². The van der Waals surface area contributed by atoms with Crippen molar-refractivity contribution in [2.24, 2.45) is 0 Å². The van der Waals surface area contributed by atoms with Gasteiger partial charge < -0.3 is 9.47 Å². The summed E-state index contributed by atoms with van der Waals surface area (Å²) in [6.45, 7) is 0. The van der Waals surface area contributed by atoms with E-state index in [4.69, 9.17) is 0 Å². The summed E-state index contributed by atoms with van der Waals surface area (Å²) in [5, 5.41) is 11.3. The first kappa shape index (κ1) is 34.4.